The quantitative estimate of drug-likeness (QED) is 0.492. The molecule has 0 radical (unpaired) electrons. The second-order valence-corrected chi connectivity index (χ2v) is 9.69. The number of carbonyl (C=O) groups excluding carboxylic acids is 2. The Labute approximate surface area is 208 Å². The van der Waals surface area contributed by atoms with Gasteiger partial charge in [-0.05, 0) is 37.2 Å². The van der Waals surface area contributed by atoms with Crippen molar-refractivity contribution in [3.8, 4) is 5.75 Å². The molecule has 1 aromatic carbocycles. The lowest BCUT2D eigenvalue weighted by atomic mass is 9.82. The normalized spacial score (nSPS) is 25.4. The zero-order valence-corrected chi connectivity index (χ0v) is 20.8. The standard InChI is InChI=1S/C27H39N3O5/c1-33-16-11-28-26(31)17-21-8-12-29-18-22(21)6-4-13-35-25-7-3-2-5-23(25)19-30(20-27(29)32)24-9-14-34-15-10-24/h2-7,21-22,24H,8-20H2,1H3,(H,28,31)/b6-4+/t21-,22-/m0/s1. The average Bonchev–Trinajstić information content (AvgIpc) is 2.88. The van der Waals surface area contributed by atoms with Crippen LogP contribution in [0.5, 0.6) is 5.75 Å². The number of ether oxygens (including phenoxy) is 3. The number of hydrogen-bond donors (Lipinski definition) is 1. The molecule has 35 heavy (non-hydrogen) atoms. The maximum Gasteiger partial charge on any atom is 0.236 e. The summed E-state index contributed by atoms with van der Waals surface area (Å²) >= 11 is 0. The van der Waals surface area contributed by atoms with Gasteiger partial charge in [0.25, 0.3) is 0 Å². The van der Waals surface area contributed by atoms with E-state index in [2.05, 4.69) is 22.4 Å². The van der Waals surface area contributed by atoms with Crippen molar-refractivity contribution in [2.75, 3.05) is 59.7 Å². The number of carbonyl (C=O) groups is 2. The van der Waals surface area contributed by atoms with Crippen molar-refractivity contribution in [1.29, 1.82) is 0 Å². The Hall–Kier alpha value is -2.42. The van der Waals surface area contributed by atoms with E-state index in [1.807, 2.05) is 29.2 Å². The number of hydrogen-bond acceptors (Lipinski definition) is 6. The highest BCUT2D eigenvalue weighted by atomic mass is 16.5. The number of para-hydroxylation sites is 1. The molecule has 3 aliphatic heterocycles. The molecule has 2 fully saturated rings. The van der Waals surface area contributed by atoms with Crippen LogP contribution in [0.4, 0.5) is 0 Å². The Morgan fingerprint density at radius 2 is 2.00 bits per heavy atom. The van der Waals surface area contributed by atoms with E-state index in [-0.39, 0.29) is 23.7 Å². The summed E-state index contributed by atoms with van der Waals surface area (Å²) < 4.78 is 16.8. The SMILES string of the molecule is COCCNC(=O)C[C@@H]1CCN2C[C@@H]1/C=C/COc1ccccc1CN(C1CCOCC1)CC2=O. The molecule has 1 N–H and O–H groups in total. The molecular weight excluding hydrogens is 446 g/mol. The molecule has 0 unspecified atom stereocenters. The van der Waals surface area contributed by atoms with Gasteiger partial charge in [-0.15, -0.1) is 0 Å². The molecule has 0 spiro atoms. The molecule has 3 aliphatic rings. The number of amides is 2. The number of fused-ring (bicyclic) bond motifs is 3. The first-order chi connectivity index (χ1) is 17.1. The fourth-order valence-electron chi connectivity index (χ4n) is 5.33. The molecule has 0 aliphatic carbocycles. The van der Waals surface area contributed by atoms with Crippen LogP contribution in [0.2, 0.25) is 0 Å². The summed E-state index contributed by atoms with van der Waals surface area (Å²) in [5.41, 5.74) is 1.10. The van der Waals surface area contributed by atoms with Crippen LogP contribution in [0.25, 0.3) is 0 Å². The summed E-state index contributed by atoms with van der Waals surface area (Å²) in [6, 6.07) is 8.42. The lowest BCUT2D eigenvalue weighted by molar-refractivity contribution is -0.136. The third kappa shape index (κ3) is 7.29. The molecule has 3 heterocycles. The van der Waals surface area contributed by atoms with E-state index < -0.39 is 0 Å². The van der Waals surface area contributed by atoms with Gasteiger partial charge in [0.2, 0.25) is 11.8 Å². The van der Waals surface area contributed by atoms with E-state index >= 15 is 0 Å². The zero-order chi connectivity index (χ0) is 24.5. The van der Waals surface area contributed by atoms with E-state index in [0.717, 1.165) is 43.8 Å². The van der Waals surface area contributed by atoms with Crippen LogP contribution in [-0.4, -0.2) is 87.4 Å². The van der Waals surface area contributed by atoms with Gasteiger partial charge >= 0.3 is 0 Å². The molecule has 1 aromatic rings. The predicted octanol–water partition coefficient (Wildman–Crippen LogP) is 2.23. The maximum atomic E-state index is 13.5. The largest absolute Gasteiger partial charge is 0.489 e. The van der Waals surface area contributed by atoms with Crippen molar-refractivity contribution in [3.05, 3.63) is 42.0 Å². The predicted molar refractivity (Wildman–Crippen MR) is 133 cm³/mol. The van der Waals surface area contributed by atoms with Gasteiger partial charge in [-0.1, -0.05) is 30.4 Å². The van der Waals surface area contributed by atoms with Crippen LogP contribution in [-0.2, 0) is 25.6 Å². The van der Waals surface area contributed by atoms with Gasteiger partial charge in [0.15, 0.2) is 0 Å². The molecular formula is C27H39N3O5. The minimum atomic E-state index is 0.0408. The molecule has 192 valence electrons. The second kappa shape index (κ2) is 13.0. The van der Waals surface area contributed by atoms with Crippen molar-refractivity contribution in [2.45, 2.75) is 38.3 Å². The zero-order valence-electron chi connectivity index (χ0n) is 20.8. The number of rotatable bonds is 6. The first-order valence-corrected chi connectivity index (χ1v) is 12.9. The van der Waals surface area contributed by atoms with Crippen LogP contribution in [0, 0.1) is 11.8 Å². The fourth-order valence-corrected chi connectivity index (χ4v) is 5.33. The third-order valence-corrected chi connectivity index (χ3v) is 7.35. The molecule has 8 nitrogen and oxygen atoms in total. The lowest BCUT2D eigenvalue weighted by Crippen LogP contribution is -2.50. The Kier molecular flexibility index (Phi) is 9.57. The van der Waals surface area contributed by atoms with Gasteiger partial charge in [0, 0.05) is 64.5 Å². The number of piperidine rings is 1. The van der Waals surface area contributed by atoms with Crippen molar-refractivity contribution in [3.63, 3.8) is 0 Å². The highest BCUT2D eigenvalue weighted by Gasteiger charge is 2.33. The van der Waals surface area contributed by atoms with Crippen LogP contribution in [0.15, 0.2) is 36.4 Å². The average molecular weight is 486 g/mol. The molecule has 2 atom stereocenters. The molecule has 2 bridgehead atoms. The highest BCUT2D eigenvalue weighted by Crippen LogP contribution is 2.29. The Balaban J connectivity index is 1.51. The van der Waals surface area contributed by atoms with Gasteiger partial charge < -0.3 is 24.4 Å². The summed E-state index contributed by atoms with van der Waals surface area (Å²) in [6.07, 6.45) is 7.32. The van der Waals surface area contributed by atoms with E-state index in [4.69, 9.17) is 14.2 Å². The molecule has 2 amide bonds. The van der Waals surface area contributed by atoms with Gasteiger partial charge in [-0.25, -0.2) is 0 Å². The first-order valence-electron chi connectivity index (χ1n) is 12.9. The molecule has 0 saturated carbocycles. The topological polar surface area (TPSA) is 80.3 Å². The molecule has 2 saturated heterocycles. The van der Waals surface area contributed by atoms with E-state index in [1.54, 1.807) is 7.11 Å². The number of nitrogens with one attached hydrogen (secondary N) is 1. The smallest absolute Gasteiger partial charge is 0.236 e. The summed E-state index contributed by atoms with van der Waals surface area (Å²) in [6.45, 7) is 5.34. The summed E-state index contributed by atoms with van der Waals surface area (Å²) in [5.74, 6) is 1.38. The van der Waals surface area contributed by atoms with Crippen LogP contribution < -0.4 is 10.1 Å². The summed E-state index contributed by atoms with van der Waals surface area (Å²) in [4.78, 5) is 30.3. The monoisotopic (exact) mass is 485 g/mol. The highest BCUT2D eigenvalue weighted by molar-refractivity contribution is 5.79. The minimum absolute atomic E-state index is 0.0408. The number of nitrogens with zero attached hydrogens (tertiary/aromatic N) is 2. The van der Waals surface area contributed by atoms with Gasteiger partial charge in [-0.2, -0.15) is 0 Å². The summed E-state index contributed by atoms with van der Waals surface area (Å²) in [5, 5.41) is 2.93. The maximum absolute atomic E-state index is 13.5. The number of methoxy groups -OCH3 is 1. The van der Waals surface area contributed by atoms with E-state index in [0.29, 0.717) is 58.4 Å². The van der Waals surface area contributed by atoms with Crippen molar-refractivity contribution in [2.24, 2.45) is 11.8 Å². The molecule has 4 rings (SSSR count). The minimum Gasteiger partial charge on any atom is -0.489 e. The fraction of sp³-hybridized carbons (Fsp3) is 0.630. The Morgan fingerprint density at radius 3 is 2.83 bits per heavy atom. The van der Waals surface area contributed by atoms with Crippen LogP contribution >= 0.6 is 0 Å². The number of benzene rings is 1. The Bertz CT molecular complexity index is 870. The third-order valence-electron chi connectivity index (χ3n) is 7.35. The summed E-state index contributed by atoms with van der Waals surface area (Å²) in [7, 11) is 1.63. The van der Waals surface area contributed by atoms with Crippen molar-refractivity contribution >= 4 is 11.8 Å². The first kappa shape index (κ1) is 25.7. The van der Waals surface area contributed by atoms with E-state index in [1.165, 1.54) is 0 Å². The second-order valence-electron chi connectivity index (χ2n) is 9.69. The van der Waals surface area contributed by atoms with Crippen LogP contribution in [0.1, 0.15) is 31.2 Å². The van der Waals surface area contributed by atoms with Crippen molar-refractivity contribution < 1.29 is 23.8 Å². The van der Waals surface area contributed by atoms with E-state index in [9.17, 15) is 9.59 Å². The molecule has 8 heteroatoms. The lowest BCUT2D eigenvalue weighted by Gasteiger charge is -2.39. The van der Waals surface area contributed by atoms with Crippen LogP contribution in [0.3, 0.4) is 0 Å². The molecule has 0 aromatic heterocycles. The Morgan fingerprint density at radius 1 is 1.17 bits per heavy atom. The van der Waals surface area contributed by atoms with Crippen molar-refractivity contribution in [1.82, 2.24) is 15.1 Å². The van der Waals surface area contributed by atoms with Gasteiger partial charge in [0.1, 0.15) is 12.4 Å². The van der Waals surface area contributed by atoms with Gasteiger partial charge in [0.05, 0.1) is 13.2 Å². The van der Waals surface area contributed by atoms with Gasteiger partial charge in [-0.3, -0.25) is 14.5 Å².